The Morgan fingerprint density at radius 3 is 2.58 bits per heavy atom. The highest BCUT2D eigenvalue weighted by Crippen LogP contribution is 2.18. The van der Waals surface area contributed by atoms with Crippen LogP contribution in [0.4, 0.5) is 4.39 Å². The summed E-state index contributed by atoms with van der Waals surface area (Å²) in [5.41, 5.74) is -0.543. The molecule has 0 radical (unpaired) electrons. The molecule has 0 heterocycles. The zero-order chi connectivity index (χ0) is 9.19. The van der Waals surface area contributed by atoms with Crippen molar-refractivity contribution >= 4 is 17.3 Å². The van der Waals surface area contributed by atoms with Crippen LogP contribution in [0.2, 0.25) is 0 Å². The Kier molecular flexibility index (Phi) is 2.88. The third-order valence-electron chi connectivity index (χ3n) is 1.70. The Hall–Kier alpha value is -0.380. The van der Waals surface area contributed by atoms with Gasteiger partial charge < -0.3 is 10.6 Å². The first-order chi connectivity index (χ1) is 5.53. The standard InChI is InChI=1S/C8H15FN2S/c1-8(2,5-9)11-7(12)10-6-3-4-6/h6H,3-5H2,1-2H3,(H2,10,11,12). The second-order valence-corrected chi connectivity index (χ2v) is 4.30. The number of alkyl halides is 1. The lowest BCUT2D eigenvalue weighted by molar-refractivity contribution is 0.323. The summed E-state index contributed by atoms with van der Waals surface area (Å²) >= 11 is 5.00. The number of hydrogen-bond donors (Lipinski definition) is 2. The van der Waals surface area contributed by atoms with Gasteiger partial charge in [-0.25, -0.2) is 4.39 Å². The number of nitrogens with one attached hydrogen (secondary N) is 2. The van der Waals surface area contributed by atoms with Gasteiger partial charge in [0, 0.05) is 6.04 Å². The van der Waals surface area contributed by atoms with Gasteiger partial charge >= 0.3 is 0 Å². The fourth-order valence-corrected chi connectivity index (χ4v) is 1.23. The first-order valence-electron chi connectivity index (χ1n) is 4.18. The molecule has 0 aromatic heterocycles. The molecule has 12 heavy (non-hydrogen) atoms. The molecule has 0 bridgehead atoms. The van der Waals surface area contributed by atoms with Gasteiger partial charge in [-0.1, -0.05) is 0 Å². The van der Waals surface area contributed by atoms with E-state index in [2.05, 4.69) is 10.6 Å². The Morgan fingerprint density at radius 2 is 2.17 bits per heavy atom. The van der Waals surface area contributed by atoms with E-state index in [1.54, 1.807) is 13.8 Å². The maximum absolute atomic E-state index is 12.3. The highest BCUT2D eigenvalue weighted by atomic mass is 32.1. The van der Waals surface area contributed by atoms with Crippen LogP contribution in [0.3, 0.4) is 0 Å². The summed E-state index contributed by atoms with van der Waals surface area (Å²) in [6.07, 6.45) is 2.36. The molecule has 1 fully saturated rings. The van der Waals surface area contributed by atoms with Crippen LogP contribution >= 0.6 is 12.2 Å². The maximum atomic E-state index is 12.3. The second kappa shape index (κ2) is 3.56. The fraction of sp³-hybridized carbons (Fsp3) is 0.875. The van der Waals surface area contributed by atoms with Crippen LogP contribution in [-0.4, -0.2) is 23.4 Å². The number of thiocarbonyl (C=S) groups is 1. The summed E-state index contributed by atoms with van der Waals surface area (Å²) in [7, 11) is 0. The molecular formula is C8H15FN2S. The molecule has 1 aliphatic carbocycles. The van der Waals surface area contributed by atoms with Gasteiger partial charge in [0.25, 0.3) is 0 Å². The van der Waals surface area contributed by atoms with E-state index >= 15 is 0 Å². The first-order valence-corrected chi connectivity index (χ1v) is 4.59. The highest BCUT2D eigenvalue weighted by Gasteiger charge is 2.24. The first kappa shape index (κ1) is 9.71. The molecule has 0 unspecified atom stereocenters. The van der Waals surface area contributed by atoms with Gasteiger partial charge in [-0.05, 0) is 38.9 Å². The van der Waals surface area contributed by atoms with Crippen LogP contribution in [0.5, 0.6) is 0 Å². The minimum Gasteiger partial charge on any atom is -0.360 e. The molecule has 0 spiro atoms. The fourth-order valence-electron chi connectivity index (χ4n) is 0.790. The molecule has 1 aliphatic rings. The number of halogens is 1. The van der Waals surface area contributed by atoms with Crippen molar-refractivity contribution in [1.82, 2.24) is 10.6 Å². The molecule has 1 saturated carbocycles. The van der Waals surface area contributed by atoms with Crippen molar-refractivity contribution in [2.75, 3.05) is 6.67 Å². The monoisotopic (exact) mass is 190 g/mol. The van der Waals surface area contributed by atoms with E-state index in [0.717, 1.165) is 0 Å². The summed E-state index contributed by atoms with van der Waals surface area (Å²) < 4.78 is 12.3. The third kappa shape index (κ3) is 3.34. The smallest absolute Gasteiger partial charge is 0.167 e. The molecule has 4 heteroatoms. The predicted molar refractivity (Wildman–Crippen MR) is 51.9 cm³/mol. The van der Waals surface area contributed by atoms with Crippen LogP contribution in [0, 0.1) is 0 Å². The number of hydrogen-bond acceptors (Lipinski definition) is 1. The minimum absolute atomic E-state index is 0.417. The Morgan fingerprint density at radius 1 is 1.58 bits per heavy atom. The minimum atomic E-state index is -0.543. The molecule has 0 saturated heterocycles. The van der Waals surface area contributed by atoms with Gasteiger partial charge in [0.2, 0.25) is 0 Å². The van der Waals surface area contributed by atoms with E-state index < -0.39 is 12.2 Å². The molecular weight excluding hydrogens is 175 g/mol. The average Bonchev–Trinajstić information content (AvgIpc) is 2.70. The van der Waals surface area contributed by atoms with Gasteiger partial charge in [-0.3, -0.25) is 0 Å². The molecule has 0 aromatic rings. The topological polar surface area (TPSA) is 24.1 Å². The highest BCUT2D eigenvalue weighted by molar-refractivity contribution is 7.80. The quantitative estimate of drug-likeness (QED) is 0.657. The molecule has 0 aliphatic heterocycles. The van der Waals surface area contributed by atoms with Crippen molar-refractivity contribution in [3.05, 3.63) is 0 Å². The lowest BCUT2D eigenvalue weighted by atomic mass is 10.1. The SMILES string of the molecule is CC(C)(CF)NC(=S)NC1CC1. The molecule has 2 N–H and O–H groups in total. The van der Waals surface area contributed by atoms with E-state index in [1.807, 2.05) is 0 Å². The lowest BCUT2D eigenvalue weighted by Gasteiger charge is -2.24. The van der Waals surface area contributed by atoms with E-state index in [4.69, 9.17) is 12.2 Å². The van der Waals surface area contributed by atoms with Crippen molar-refractivity contribution in [1.29, 1.82) is 0 Å². The molecule has 1 rings (SSSR count). The van der Waals surface area contributed by atoms with Crippen LogP contribution in [-0.2, 0) is 0 Å². The van der Waals surface area contributed by atoms with Crippen LogP contribution < -0.4 is 10.6 Å². The van der Waals surface area contributed by atoms with Crippen molar-refractivity contribution in [2.45, 2.75) is 38.3 Å². The average molecular weight is 190 g/mol. The van der Waals surface area contributed by atoms with E-state index in [-0.39, 0.29) is 0 Å². The van der Waals surface area contributed by atoms with E-state index in [0.29, 0.717) is 11.2 Å². The van der Waals surface area contributed by atoms with Crippen LogP contribution in [0.1, 0.15) is 26.7 Å². The Bertz CT molecular complexity index is 178. The summed E-state index contributed by atoms with van der Waals surface area (Å²) in [4.78, 5) is 0. The normalized spacial score (nSPS) is 17.2. The van der Waals surface area contributed by atoms with Crippen molar-refractivity contribution in [2.24, 2.45) is 0 Å². The largest absolute Gasteiger partial charge is 0.360 e. The van der Waals surface area contributed by atoms with Crippen LogP contribution in [0.15, 0.2) is 0 Å². The van der Waals surface area contributed by atoms with E-state index in [1.165, 1.54) is 12.8 Å². The van der Waals surface area contributed by atoms with Gasteiger partial charge in [-0.2, -0.15) is 0 Å². The lowest BCUT2D eigenvalue weighted by Crippen LogP contribution is -2.50. The summed E-state index contributed by atoms with van der Waals surface area (Å²) in [5.74, 6) is 0. The van der Waals surface area contributed by atoms with Gasteiger partial charge in [0.1, 0.15) is 6.67 Å². The van der Waals surface area contributed by atoms with Crippen molar-refractivity contribution in [3.63, 3.8) is 0 Å². The summed E-state index contributed by atoms with van der Waals surface area (Å²) in [5, 5.41) is 6.59. The Balaban J connectivity index is 2.23. The predicted octanol–water partition coefficient (Wildman–Crippen LogP) is 1.36. The Labute approximate surface area is 77.9 Å². The molecule has 70 valence electrons. The van der Waals surface area contributed by atoms with Gasteiger partial charge in [0.05, 0.1) is 5.54 Å². The van der Waals surface area contributed by atoms with Crippen molar-refractivity contribution < 1.29 is 4.39 Å². The van der Waals surface area contributed by atoms with Crippen molar-refractivity contribution in [3.8, 4) is 0 Å². The molecule has 0 atom stereocenters. The molecule has 0 amide bonds. The zero-order valence-electron chi connectivity index (χ0n) is 7.48. The summed E-state index contributed by atoms with van der Waals surface area (Å²) in [6, 6.07) is 0.528. The maximum Gasteiger partial charge on any atom is 0.167 e. The number of rotatable bonds is 3. The molecule has 2 nitrogen and oxygen atoms in total. The second-order valence-electron chi connectivity index (χ2n) is 3.89. The summed E-state index contributed by atoms with van der Waals surface area (Å²) in [6.45, 7) is 3.15. The molecule has 0 aromatic carbocycles. The van der Waals surface area contributed by atoms with Crippen LogP contribution in [0.25, 0.3) is 0 Å². The third-order valence-corrected chi connectivity index (χ3v) is 1.92. The zero-order valence-corrected chi connectivity index (χ0v) is 8.30. The van der Waals surface area contributed by atoms with E-state index in [9.17, 15) is 4.39 Å². The van der Waals surface area contributed by atoms with Gasteiger partial charge in [-0.15, -0.1) is 0 Å². The van der Waals surface area contributed by atoms with Gasteiger partial charge in [0.15, 0.2) is 5.11 Å².